The lowest BCUT2D eigenvalue weighted by molar-refractivity contribution is 0.0952. The number of amides is 1. The Morgan fingerprint density at radius 1 is 1.00 bits per heavy atom. The van der Waals surface area contributed by atoms with Gasteiger partial charge in [0.25, 0.3) is 5.91 Å². The van der Waals surface area contributed by atoms with Crippen LogP contribution in [0.5, 0.6) is 0 Å². The number of fused-ring (bicyclic) bond motifs is 1. The first-order valence-corrected chi connectivity index (χ1v) is 9.75. The molecule has 0 unspecified atom stereocenters. The van der Waals surface area contributed by atoms with Crippen molar-refractivity contribution in [1.82, 2.24) is 15.0 Å². The highest BCUT2D eigenvalue weighted by molar-refractivity contribution is 7.88. The van der Waals surface area contributed by atoms with Crippen LogP contribution in [0.4, 0.5) is 0 Å². The SMILES string of the molecule is CNS(=O)(=O)Cc1ccc(CNC(=O)c2ccnc3ccccc23)cc1. The van der Waals surface area contributed by atoms with Crippen molar-refractivity contribution >= 4 is 26.8 Å². The van der Waals surface area contributed by atoms with Crippen LogP contribution in [0.1, 0.15) is 21.5 Å². The minimum atomic E-state index is -3.29. The van der Waals surface area contributed by atoms with Crippen LogP contribution in [0, 0.1) is 0 Å². The molecule has 0 bridgehead atoms. The standard InChI is InChI=1S/C19H19N3O3S/c1-20-26(24,25)13-15-8-6-14(7-9-15)12-22-19(23)17-10-11-21-18-5-3-2-4-16(17)18/h2-11,20H,12-13H2,1H3,(H,22,23). The Balaban J connectivity index is 1.68. The molecule has 0 atom stereocenters. The molecule has 1 heterocycles. The van der Waals surface area contributed by atoms with E-state index < -0.39 is 10.0 Å². The van der Waals surface area contributed by atoms with Crippen molar-refractivity contribution < 1.29 is 13.2 Å². The van der Waals surface area contributed by atoms with Crippen LogP contribution in [-0.4, -0.2) is 26.4 Å². The number of nitrogens with one attached hydrogen (secondary N) is 2. The number of nitrogens with zero attached hydrogens (tertiary/aromatic N) is 1. The number of rotatable bonds is 6. The van der Waals surface area contributed by atoms with Crippen molar-refractivity contribution in [3.63, 3.8) is 0 Å². The predicted molar refractivity (Wildman–Crippen MR) is 101 cm³/mol. The van der Waals surface area contributed by atoms with Gasteiger partial charge in [-0.1, -0.05) is 42.5 Å². The number of hydrogen-bond donors (Lipinski definition) is 2. The Morgan fingerprint density at radius 3 is 2.42 bits per heavy atom. The predicted octanol–water partition coefficient (Wildman–Crippen LogP) is 2.21. The molecule has 2 N–H and O–H groups in total. The van der Waals surface area contributed by atoms with E-state index in [1.54, 1.807) is 24.4 Å². The molecule has 0 fully saturated rings. The highest BCUT2D eigenvalue weighted by atomic mass is 32.2. The second-order valence-electron chi connectivity index (χ2n) is 5.84. The second-order valence-corrected chi connectivity index (χ2v) is 7.76. The molecule has 0 saturated heterocycles. The Morgan fingerprint density at radius 2 is 1.69 bits per heavy atom. The summed E-state index contributed by atoms with van der Waals surface area (Å²) in [6, 6.07) is 16.3. The Bertz CT molecular complexity index is 1030. The average molecular weight is 369 g/mol. The van der Waals surface area contributed by atoms with E-state index in [4.69, 9.17) is 0 Å². The molecule has 3 aromatic rings. The van der Waals surface area contributed by atoms with Crippen molar-refractivity contribution in [2.24, 2.45) is 0 Å². The molecule has 26 heavy (non-hydrogen) atoms. The van der Waals surface area contributed by atoms with E-state index in [9.17, 15) is 13.2 Å². The van der Waals surface area contributed by atoms with E-state index in [-0.39, 0.29) is 11.7 Å². The number of carbonyl (C=O) groups excluding carboxylic acids is 1. The van der Waals surface area contributed by atoms with Gasteiger partial charge < -0.3 is 5.32 Å². The highest BCUT2D eigenvalue weighted by Gasteiger charge is 2.11. The van der Waals surface area contributed by atoms with Crippen molar-refractivity contribution in [1.29, 1.82) is 0 Å². The quantitative estimate of drug-likeness (QED) is 0.697. The number of sulfonamides is 1. The third-order valence-electron chi connectivity index (χ3n) is 4.04. The van der Waals surface area contributed by atoms with Gasteiger partial charge in [0, 0.05) is 18.1 Å². The molecule has 3 rings (SSSR count). The van der Waals surface area contributed by atoms with Gasteiger partial charge >= 0.3 is 0 Å². The number of hydrogen-bond acceptors (Lipinski definition) is 4. The molecular formula is C19H19N3O3S. The lowest BCUT2D eigenvalue weighted by Crippen LogP contribution is -2.23. The zero-order valence-corrected chi connectivity index (χ0v) is 15.1. The first-order chi connectivity index (χ1) is 12.5. The van der Waals surface area contributed by atoms with E-state index in [2.05, 4.69) is 15.0 Å². The number of pyridine rings is 1. The summed E-state index contributed by atoms with van der Waals surface area (Å²) in [4.78, 5) is 16.8. The van der Waals surface area contributed by atoms with Gasteiger partial charge in [0.15, 0.2) is 0 Å². The van der Waals surface area contributed by atoms with Gasteiger partial charge in [0.2, 0.25) is 10.0 Å². The molecule has 0 saturated carbocycles. The topological polar surface area (TPSA) is 88.2 Å². The summed E-state index contributed by atoms with van der Waals surface area (Å²) >= 11 is 0. The monoisotopic (exact) mass is 369 g/mol. The Labute approximate surface area is 152 Å². The first kappa shape index (κ1) is 18.0. The molecule has 6 nitrogen and oxygen atoms in total. The first-order valence-electron chi connectivity index (χ1n) is 8.09. The maximum atomic E-state index is 12.5. The molecule has 1 aromatic heterocycles. The molecule has 134 valence electrons. The molecule has 0 radical (unpaired) electrons. The lowest BCUT2D eigenvalue weighted by atomic mass is 10.1. The summed E-state index contributed by atoms with van der Waals surface area (Å²) in [6.45, 7) is 0.356. The molecule has 1 amide bonds. The zero-order valence-electron chi connectivity index (χ0n) is 14.3. The van der Waals surface area contributed by atoms with Crippen LogP contribution >= 0.6 is 0 Å². The Kier molecular flexibility index (Phi) is 5.29. The van der Waals surface area contributed by atoms with Gasteiger partial charge in [0.05, 0.1) is 16.8 Å². The summed E-state index contributed by atoms with van der Waals surface area (Å²) in [5, 5.41) is 3.69. The maximum absolute atomic E-state index is 12.5. The van der Waals surface area contributed by atoms with Gasteiger partial charge in [-0.2, -0.15) is 0 Å². The van der Waals surface area contributed by atoms with Crippen molar-refractivity contribution in [2.45, 2.75) is 12.3 Å². The van der Waals surface area contributed by atoms with E-state index in [1.165, 1.54) is 7.05 Å². The summed E-state index contributed by atoms with van der Waals surface area (Å²) < 4.78 is 25.4. The Hall–Kier alpha value is -2.77. The fraction of sp³-hybridized carbons (Fsp3) is 0.158. The second kappa shape index (κ2) is 7.63. The average Bonchev–Trinajstić information content (AvgIpc) is 2.66. The van der Waals surface area contributed by atoms with E-state index in [1.807, 2.05) is 36.4 Å². The largest absolute Gasteiger partial charge is 0.348 e. The van der Waals surface area contributed by atoms with Crippen LogP contribution in [0.3, 0.4) is 0 Å². The van der Waals surface area contributed by atoms with Gasteiger partial charge in [-0.25, -0.2) is 13.1 Å². The summed E-state index contributed by atoms with van der Waals surface area (Å²) in [5.74, 6) is -0.246. The summed E-state index contributed by atoms with van der Waals surface area (Å²) in [6.07, 6.45) is 1.62. The van der Waals surface area contributed by atoms with Gasteiger partial charge in [-0.15, -0.1) is 0 Å². The van der Waals surface area contributed by atoms with Gasteiger partial charge in [0.1, 0.15) is 0 Å². The van der Waals surface area contributed by atoms with Gasteiger partial charge in [-0.3, -0.25) is 9.78 Å². The molecule has 0 spiro atoms. The van der Waals surface area contributed by atoms with Crippen LogP contribution in [-0.2, 0) is 22.3 Å². The molecule has 0 aliphatic heterocycles. The molecule has 2 aromatic carbocycles. The van der Waals surface area contributed by atoms with Crippen molar-refractivity contribution in [2.75, 3.05) is 7.05 Å². The third kappa shape index (κ3) is 4.25. The number of para-hydroxylation sites is 1. The number of carbonyl (C=O) groups is 1. The number of benzene rings is 2. The molecule has 7 heteroatoms. The third-order valence-corrected chi connectivity index (χ3v) is 5.37. The van der Waals surface area contributed by atoms with E-state index in [0.717, 1.165) is 16.5 Å². The van der Waals surface area contributed by atoms with E-state index >= 15 is 0 Å². The molecular weight excluding hydrogens is 350 g/mol. The van der Waals surface area contributed by atoms with Crippen LogP contribution in [0.15, 0.2) is 60.8 Å². The fourth-order valence-electron chi connectivity index (χ4n) is 2.62. The van der Waals surface area contributed by atoms with Crippen LogP contribution in [0.25, 0.3) is 10.9 Å². The van der Waals surface area contributed by atoms with Crippen LogP contribution < -0.4 is 10.0 Å². The van der Waals surface area contributed by atoms with Crippen molar-refractivity contribution in [3.05, 3.63) is 77.5 Å². The lowest BCUT2D eigenvalue weighted by Gasteiger charge is -2.09. The van der Waals surface area contributed by atoms with Crippen molar-refractivity contribution in [3.8, 4) is 0 Å². The fourth-order valence-corrected chi connectivity index (χ4v) is 3.39. The maximum Gasteiger partial charge on any atom is 0.252 e. The summed E-state index contributed by atoms with van der Waals surface area (Å²) in [7, 11) is -1.90. The zero-order chi connectivity index (χ0) is 18.6. The molecule has 0 aliphatic rings. The highest BCUT2D eigenvalue weighted by Crippen LogP contribution is 2.16. The normalized spacial score (nSPS) is 11.4. The van der Waals surface area contributed by atoms with Crippen LogP contribution in [0.2, 0.25) is 0 Å². The number of aromatic nitrogens is 1. The minimum absolute atomic E-state index is 0.0703. The van der Waals surface area contributed by atoms with E-state index in [0.29, 0.717) is 17.7 Å². The minimum Gasteiger partial charge on any atom is -0.348 e. The molecule has 0 aliphatic carbocycles. The smallest absolute Gasteiger partial charge is 0.252 e. The van der Waals surface area contributed by atoms with Gasteiger partial charge in [-0.05, 0) is 30.3 Å². The summed E-state index contributed by atoms with van der Waals surface area (Å²) in [5.41, 5.74) is 2.93.